The van der Waals surface area contributed by atoms with Crippen LogP contribution in [-0.2, 0) is 0 Å². The topological polar surface area (TPSA) is 52.0 Å². The predicted octanol–water partition coefficient (Wildman–Crippen LogP) is 2.66. The number of alkyl halides is 3. The van der Waals surface area contributed by atoms with E-state index < -0.39 is 11.4 Å². The Bertz CT molecular complexity index is 332. The summed E-state index contributed by atoms with van der Waals surface area (Å²) in [5.74, 6) is 0.538. The summed E-state index contributed by atoms with van der Waals surface area (Å²) in [6, 6.07) is 0. The maximum Gasteiger partial charge on any atom is 0.401 e. The van der Waals surface area contributed by atoms with Crippen molar-refractivity contribution in [2.75, 3.05) is 6.54 Å². The number of nitrogens with zero attached hydrogens (tertiary/aromatic N) is 1. The first-order chi connectivity index (χ1) is 7.34. The summed E-state index contributed by atoms with van der Waals surface area (Å²) in [6.45, 7) is 3.34. The average molecular weight is 254 g/mol. The van der Waals surface area contributed by atoms with Gasteiger partial charge in [-0.2, -0.15) is 13.2 Å². The Morgan fingerprint density at radius 1 is 1.44 bits per heavy atom. The molecule has 0 spiro atoms. The lowest BCUT2D eigenvalue weighted by molar-refractivity contribution is -0.129. The summed E-state index contributed by atoms with van der Waals surface area (Å²) in [5.41, 5.74) is 5.76. The van der Waals surface area contributed by atoms with E-state index in [1.807, 2.05) is 0 Å². The zero-order chi connectivity index (χ0) is 12.3. The molecule has 0 bridgehead atoms. The summed E-state index contributed by atoms with van der Waals surface area (Å²) >= 11 is 0.572. The molecule has 92 valence electrons. The van der Waals surface area contributed by atoms with Crippen molar-refractivity contribution in [2.24, 2.45) is 5.73 Å². The van der Waals surface area contributed by atoms with Gasteiger partial charge in [0.1, 0.15) is 11.0 Å². The van der Waals surface area contributed by atoms with Crippen molar-refractivity contribution < 1.29 is 17.6 Å². The van der Waals surface area contributed by atoms with Gasteiger partial charge in [-0.15, -0.1) is 0 Å². The van der Waals surface area contributed by atoms with Gasteiger partial charge in [0.2, 0.25) is 0 Å². The summed E-state index contributed by atoms with van der Waals surface area (Å²) in [4.78, 5) is 3.90. The normalized spacial score (nSPS) is 14.1. The SMILES string of the molecule is Cc1nc(SC(CCN)C(F)(F)F)oc1C. The lowest BCUT2D eigenvalue weighted by Gasteiger charge is -2.16. The standard InChI is InChI=1S/C9H13F3N2OS/c1-5-6(2)15-8(14-5)16-7(3-4-13)9(10,11)12/h7H,3-4,13H2,1-2H3. The van der Waals surface area contributed by atoms with Gasteiger partial charge in [-0.25, -0.2) is 4.98 Å². The van der Waals surface area contributed by atoms with Gasteiger partial charge in [-0.05, 0) is 26.8 Å². The molecule has 1 unspecified atom stereocenters. The molecule has 0 aliphatic rings. The molecule has 0 saturated heterocycles. The first-order valence-corrected chi connectivity index (χ1v) is 5.60. The summed E-state index contributed by atoms with van der Waals surface area (Å²) in [6.07, 6.45) is -4.44. The number of rotatable bonds is 4. The molecule has 3 nitrogen and oxygen atoms in total. The van der Waals surface area contributed by atoms with Gasteiger partial charge < -0.3 is 10.2 Å². The second-order valence-corrected chi connectivity index (χ2v) is 4.50. The van der Waals surface area contributed by atoms with Crippen LogP contribution in [0.25, 0.3) is 0 Å². The number of hydrogen-bond donors (Lipinski definition) is 1. The minimum Gasteiger partial charge on any atom is -0.437 e. The highest BCUT2D eigenvalue weighted by Gasteiger charge is 2.40. The van der Waals surface area contributed by atoms with Gasteiger partial charge in [-0.3, -0.25) is 0 Å². The first-order valence-electron chi connectivity index (χ1n) is 4.72. The molecule has 0 aromatic carbocycles. The molecule has 2 N–H and O–H groups in total. The van der Waals surface area contributed by atoms with Crippen LogP contribution >= 0.6 is 11.8 Å². The van der Waals surface area contributed by atoms with Crippen molar-refractivity contribution >= 4 is 11.8 Å². The fourth-order valence-corrected chi connectivity index (χ4v) is 2.05. The van der Waals surface area contributed by atoms with Crippen molar-refractivity contribution in [3.05, 3.63) is 11.5 Å². The third-order valence-corrected chi connectivity index (χ3v) is 3.21. The van der Waals surface area contributed by atoms with Crippen molar-refractivity contribution in [3.63, 3.8) is 0 Å². The lowest BCUT2D eigenvalue weighted by atomic mass is 10.3. The third-order valence-electron chi connectivity index (χ3n) is 2.05. The molecule has 0 saturated carbocycles. The van der Waals surface area contributed by atoms with Crippen molar-refractivity contribution in [1.29, 1.82) is 0 Å². The highest BCUT2D eigenvalue weighted by Crippen LogP contribution is 2.36. The number of nitrogens with two attached hydrogens (primary N) is 1. The number of aromatic nitrogens is 1. The number of hydrogen-bond acceptors (Lipinski definition) is 4. The highest BCUT2D eigenvalue weighted by molar-refractivity contribution is 7.99. The lowest BCUT2D eigenvalue weighted by Crippen LogP contribution is -2.28. The minimum atomic E-state index is -4.29. The number of aryl methyl sites for hydroxylation is 2. The highest BCUT2D eigenvalue weighted by atomic mass is 32.2. The van der Waals surface area contributed by atoms with E-state index in [9.17, 15) is 13.2 Å². The maximum absolute atomic E-state index is 12.6. The molecule has 1 aromatic heterocycles. The predicted molar refractivity (Wildman–Crippen MR) is 55.3 cm³/mol. The molecule has 16 heavy (non-hydrogen) atoms. The fourth-order valence-electron chi connectivity index (χ4n) is 1.06. The molecule has 0 radical (unpaired) electrons. The number of oxazole rings is 1. The molecule has 0 aliphatic heterocycles. The van der Waals surface area contributed by atoms with E-state index in [0.29, 0.717) is 23.2 Å². The molecule has 1 atom stereocenters. The molecule has 0 aliphatic carbocycles. The summed E-state index contributed by atoms with van der Waals surface area (Å²) in [7, 11) is 0. The monoisotopic (exact) mass is 254 g/mol. The third kappa shape index (κ3) is 3.41. The molecule has 1 heterocycles. The van der Waals surface area contributed by atoms with Crippen LogP contribution in [0.3, 0.4) is 0 Å². The molecular formula is C9H13F3N2OS. The summed E-state index contributed by atoms with van der Waals surface area (Å²) in [5, 5.41) is -1.51. The molecular weight excluding hydrogens is 241 g/mol. The van der Waals surface area contributed by atoms with Crippen molar-refractivity contribution in [2.45, 2.75) is 36.9 Å². The molecule has 7 heteroatoms. The largest absolute Gasteiger partial charge is 0.437 e. The van der Waals surface area contributed by atoms with Gasteiger partial charge in [0, 0.05) is 0 Å². The van der Waals surface area contributed by atoms with Crippen LogP contribution in [0.15, 0.2) is 9.64 Å². The van der Waals surface area contributed by atoms with Gasteiger partial charge in [0.15, 0.2) is 0 Å². The Morgan fingerprint density at radius 3 is 2.44 bits per heavy atom. The quantitative estimate of drug-likeness (QED) is 0.839. The number of thioether (sulfide) groups is 1. The van der Waals surface area contributed by atoms with Crippen LogP contribution in [0, 0.1) is 13.8 Å². The second-order valence-electron chi connectivity index (χ2n) is 3.35. The average Bonchev–Trinajstić information content (AvgIpc) is 2.44. The fraction of sp³-hybridized carbons (Fsp3) is 0.667. The van der Waals surface area contributed by atoms with Gasteiger partial charge in [0.05, 0.1) is 5.69 Å². The van der Waals surface area contributed by atoms with Crippen LogP contribution in [0.1, 0.15) is 17.9 Å². The molecule has 1 rings (SSSR count). The van der Waals surface area contributed by atoms with E-state index in [0.717, 1.165) is 0 Å². The van der Waals surface area contributed by atoms with Crippen molar-refractivity contribution in [1.82, 2.24) is 4.98 Å². The van der Waals surface area contributed by atoms with Gasteiger partial charge in [-0.1, -0.05) is 11.8 Å². The Kier molecular flexibility index (Phi) is 4.26. The molecule has 0 fully saturated rings. The Hall–Kier alpha value is -0.690. The zero-order valence-corrected chi connectivity index (χ0v) is 9.78. The van der Waals surface area contributed by atoms with E-state index in [1.165, 1.54) is 0 Å². The first kappa shape index (κ1) is 13.4. The van der Waals surface area contributed by atoms with Gasteiger partial charge in [0.25, 0.3) is 5.22 Å². The van der Waals surface area contributed by atoms with Crippen LogP contribution in [0.4, 0.5) is 13.2 Å². The smallest absolute Gasteiger partial charge is 0.401 e. The zero-order valence-electron chi connectivity index (χ0n) is 8.97. The molecule has 1 aromatic rings. The van der Waals surface area contributed by atoms with E-state index in [1.54, 1.807) is 13.8 Å². The van der Waals surface area contributed by atoms with E-state index in [2.05, 4.69) is 4.98 Å². The van der Waals surface area contributed by atoms with E-state index in [-0.39, 0.29) is 18.2 Å². The van der Waals surface area contributed by atoms with E-state index in [4.69, 9.17) is 10.2 Å². The van der Waals surface area contributed by atoms with Crippen LogP contribution in [-0.4, -0.2) is 23.0 Å². The van der Waals surface area contributed by atoms with Gasteiger partial charge >= 0.3 is 6.18 Å². The van der Waals surface area contributed by atoms with Crippen LogP contribution in [0.2, 0.25) is 0 Å². The maximum atomic E-state index is 12.6. The van der Waals surface area contributed by atoms with Crippen molar-refractivity contribution in [3.8, 4) is 0 Å². The van der Waals surface area contributed by atoms with Crippen LogP contribution in [0.5, 0.6) is 0 Å². The Morgan fingerprint density at radius 2 is 2.06 bits per heavy atom. The second kappa shape index (κ2) is 5.09. The summed E-state index contributed by atoms with van der Waals surface area (Å²) < 4.78 is 42.8. The molecule has 0 amide bonds. The Labute approximate surface area is 95.6 Å². The number of halogens is 3. The van der Waals surface area contributed by atoms with Crippen LogP contribution < -0.4 is 5.73 Å². The Balaban J connectivity index is 2.75. The minimum absolute atomic E-state index is 0.0180. The van der Waals surface area contributed by atoms with E-state index >= 15 is 0 Å².